The molecule has 8 heteroatoms. The first kappa shape index (κ1) is 22.0. The van der Waals surface area contributed by atoms with Crippen molar-refractivity contribution < 1.29 is 22.7 Å². The minimum Gasteiger partial charge on any atom is -0.497 e. The summed E-state index contributed by atoms with van der Waals surface area (Å²) in [6.07, 6.45) is 0.382. The highest BCUT2D eigenvalue weighted by Gasteiger charge is 2.37. The van der Waals surface area contributed by atoms with Crippen molar-refractivity contribution in [2.75, 3.05) is 35.6 Å². The normalized spacial score (nSPS) is 15.7. The molecule has 0 spiro atoms. The van der Waals surface area contributed by atoms with E-state index in [2.05, 4.69) is 4.72 Å². The van der Waals surface area contributed by atoms with Crippen LogP contribution in [0.1, 0.15) is 26.3 Å². The highest BCUT2D eigenvalue weighted by molar-refractivity contribution is 7.92. The number of hydrogen-bond acceptors (Lipinski definition) is 5. The second kappa shape index (κ2) is 8.55. The van der Waals surface area contributed by atoms with Crippen molar-refractivity contribution >= 4 is 27.3 Å². The van der Waals surface area contributed by atoms with E-state index in [1.54, 1.807) is 42.3 Å². The number of aryl methyl sites for hydroxylation is 1. The summed E-state index contributed by atoms with van der Waals surface area (Å²) in [5.74, 6) is 1.15. The molecule has 1 heterocycles. The number of fused-ring (bicyclic) bond motifs is 1. The summed E-state index contributed by atoms with van der Waals surface area (Å²) in [5, 5.41) is 0. The molecule has 2 aromatic carbocycles. The van der Waals surface area contributed by atoms with Gasteiger partial charge in [-0.3, -0.25) is 9.52 Å². The number of rotatable bonds is 7. The molecular weight excluding hydrogens is 404 g/mol. The van der Waals surface area contributed by atoms with E-state index < -0.39 is 15.4 Å². The van der Waals surface area contributed by atoms with E-state index >= 15 is 0 Å². The standard InChI is InChI=1S/C22H28N2O5S/c1-5-24-19-11-8-17(14-20(19)29-15-22(2,3)21(24)25)23-30(26,27)13-12-16-6-9-18(28-4)10-7-16/h6-11,14,23H,5,12-13,15H2,1-4H3. The fraction of sp³-hybridized carbons (Fsp3) is 0.409. The number of anilines is 2. The molecule has 0 atom stereocenters. The number of carbonyl (C=O) groups is 1. The van der Waals surface area contributed by atoms with Gasteiger partial charge in [0, 0.05) is 12.6 Å². The van der Waals surface area contributed by atoms with E-state index in [0.717, 1.165) is 11.3 Å². The second-order valence-corrected chi connectivity index (χ2v) is 9.77. The number of nitrogens with one attached hydrogen (secondary N) is 1. The first-order chi connectivity index (χ1) is 14.1. The van der Waals surface area contributed by atoms with Gasteiger partial charge in [0.25, 0.3) is 0 Å². The zero-order valence-corrected chi connectivity index (χ0v) is 18.6. The van der Waals surface area contributed by atoms with Crippen LogP contribution in [0.5, 0.6) is 11.5 Å². The first-order valence-electron chi connectivity index (χ1n) is 9.87. The second-order valence-electron chi connectivity index (χ2n) is 7.92. The Bertz CT molecular complexity index is 1020. The molecule has 0 saturated heterocycles. The Morgan fingerprint density at radius 2 is 1.87 bits per heavy atom. The van der Waals surface area contributed by atoms with Crippen LogP contribution < -0.4 is 19.1 Å². The van der Waals surface area contributed by atoms with E-state index in [1.807, 2.05) is 32.9 Å². The molecule has 0 aliphatic carbocycles. The molecule has 1 aliphatic rings. The molecule has 7 nitrogen and oxygen atoms in total. The van der Waals surface area contributed by atoms with Crippen LogP contribution >= 0.6 is 0 Å². The zero-order valence-electron chi connectivity index (χ0n) is 17.8. The van der Waals surface area contributed by atoms with Gasteiger partial charge in [-0.05, 0) is 57.0 Å². The number of sulfonamides is 1. The van der Waals surface area contributed by atoms with Crippen molar-refractivity contribution in [2.45, 2.75) is 27.2 Å². The van der Waals surface area contributed by atoms with Gasteiger partial charge in [-0.25, -0.2) is 8.42 Å². The van der Waals surface area contributed by atoms with Crippen LogP contribution in [0.3, 0.4) is 0 Å². The van der Waals surface area contributed by atoms with Gasteiger partial charge < -0.3 is 14.4 Å². The molecule has 3 rings (SSSR count). The summed E-state index contributed by atoms with van der Waals surface area (Å²) in [6.45, 7) is 6.31. The molecular formula is C22H28N2O5S. The van der Waals surface area contributed by atoms with Gasteiger partial charge in [-0.1, -0.05) is 12.1 Å². The summed E-state index contributed by atoms with van der Waals surface area (Å²) < 4.78 is 38.7. The largest absolute Gasteiger partial charge is 0.497 e. The molecule has 0 saturated carbocycles. The molecule has 0 aromatic heterocycles. The van der Waals surface area contributed by atoms with Gasteiger partial charge in [0.2, 0.25) is 15.9 Å². The van der Waals surface area contributed by atoms with Crippen LogP contribution in [0.15, 0.2) is 42.5 Å². The molecule has 0 bridgehead atoms. The number of amides is 1. The maximum absolute atomic E-state index is 12.8. The third kappa shape index (κ3) is 4.87. The average molecular weight is 433 g/mol. The Labute approximate surface area is 178 Å². The quantitative estimate of drug-likeness (QED) is 0.724. The molecule has 1 amide bonds. The highest BCUT2D eigenvalue weighted by atomic mass is 32.2. The number of hydrogen-bond donors (Lipinski definition) is 1. The lowest BCUT2D eigenvalue weighted by Gasteiger charge is -2.26. The Morgan fingerprint density at radius 3 is 2.50 bits per heavy atom. The van der Waals surface area contributed by atoms with Gasteiger partial charge in [0.15, 0.2) is 0 Å². The Morgan fingerprint density at radius 1 is 1.17 bits per heavy atom. The number of carbonyl (C=O) groups excluding carboxylic acids is 1. The number of benzene rings is 2. The van der Waals surface area contributed by atoms with E-state index in [9.17, 15) is 13.2 Å². The summed E-state index contributed by atoms with van der Waals surface area (Å²) in [7, 11) is -1.97. The summed E-state index contributed by atoms with van der Waals surface area (Å²) in [4.78, 5) is 14.4. The van der Waals surface area contributed by atoms with Crippen LogP contribution in [0.25, 0.3) is 0 Å². The fourth-order valence-corrected chi connectivity index (χ4v) is 4.39. The third-order valence-electron chi connectivity index (χ3n) is 5.07. The Kier molecular flexibility index (Phi) is 6.26. The minimum absolute atomic E-state index is 0.0171. The maximum Gasteiger partial charge on any atom is 0.236 e. The topological polar surface area (TPSA) is 84.9 Å². The number of ether oxygens (including phenoxy) is 2. The van der Waals surface area contributed by atoms with Crippen molar-refractivity contribution in [3.8, 4) is 11.5 Å². The molecule has 1 N–H and O–H groups in total. The van der Waals surface area contributed by atoms with Crippen molar-refractivity contribution in [1.29, 1.82) is 0 Å². The predicted molar refractivity (Wildman–Crippen MR) is 118 cm³/mol. The lowest BCUT2D eigenvalue weighted by atomic mass is 9.93. The van der Waals surface area contributed by atoms with Gasteiger partial charge in [0.1, 0.15) is 18.1 Å². The maximum atomic E-state index is 12.8. The van der Waals surface area contributed by atoms with Gasteiger partial charge in [0.05, 0.1) is 29.7 Å². The molecule has 162 valence electrons. The zero-order chi connectivity index (χ0) is 21.9. The van der Waals surface area contributed by atoms with E-state index in [0.29, 0.717) is 30.1 Å². The lowest BCUT2D eigenvalue weighted by molar-refractivity contribution is -0.127. The van der Waals surface area contributed by atoms with Crippen LogP contribution in [-0.4, -0.2) is 40.3 Å². The van der Waals surface area contributed by atoms with Crippen LogP contribution in [-0.2, 0) is 21.2 Å². The number of nitrogens with zero attached hydrogens (tertiary/aromatic N) is 1. The molecule has 1 aliphatic heterocycles. The van der Waals surface area contributed by atoms with Gasteiger partial charge >= 0.3 is 0 Å². The van der Waals surface area contributed by atoms with E-state index in [-0.39, 0.29) is 18.3 Å². The minimum atomic E-state index is -3.55. The fourth-order valence-electron chi connectivity index (χ4n) is 3.30. The van der Waals surface area contributed by atoms with Crippen LogP contribution in [0.2, 0.25) is 0 Å². The van der Waals surface area contributed by atoms with Crippen molar-refractivity contribution in [2.24, 2.45) is 5.41 Å². The highest BCUT2D eigenvalue weighted by Crippen LogP contribution is 2.38. The smallest absolute Gasteiger partial charge is 0.236 e. The predicted octanol–water partition coefficient (Wildman–Crippen LogP) is 3.45. The molecule has 30 heavy (non-hydrogen) atoms. The van der Waals surface area contributed by atoms with Gasteiger partial charge in [-0.2, -0.15) is 0 Å². The van der Waals surface area contributed by atoms with Crippen LogP contribution in [0.4, 0.5) is 11.4 Å². The number of methoxy groups -OCH3 is 1. The SMILES string of the molecule is CCN1C(=O)C(C)(C)COc2cc(NS(=O)(=O)CCc3ccc(OC)cc3)ccc21. The van der Waals surface area contributed by atoms with Gasteiger partial charge in [-0.15, -0.1) is 0 Å². The van der Waals surface area contributed by atoms with E-state index in [4.69, 9.17) is 9.47 Å². The van der Waals surface area contributed by atoms with Crippen LogP contribution in [0, 0.1) is 5.41 Å². The molecule has 0 fully saturated rings. The monoisotopic (exact) mass is 432 g/mol. The van der Waals surface area contributed by atoms with Crippen molar-refractivity contribution in [3.63, 3.8) is 0 Å². The van der Waals surface area contributed by atoms with Crippen molar-refractivity contribution in [3.05, 3.63) is 48.0 Å². The summed E-state index contributed by atoms with van der Waals surface area (Å²) >= 11 is 0. The first-order valence-corrected chi connectivity index (χ1v) is 11.5. The summed E-state index contributed by atoms with van der Waals surface area (Å²) in [6, 6.07) is 12.3. The Balaban J connectivity index is 1.74. The van der Waals surface area contributed by atoms with E-state index in [1.165, 1.54) is 0 Å². The third-order valence-corrected chi connectivity index (χ3v) is 6.36. The Hall–Kier alpha value is -2.74. The molecule has 0 radical (unpaired) electrons. The average Bonchev–Trinajstić information content (AvgIpc) is 2.81. The lowest BCUT2D eigenvalue weighted by Crippen LogP contribution is -2.42. The van der Waals surface area contributed by atoms with Crippen molar-refractivity contribution in [1.82, 2.24) is 0 Å². The molecule has 2 aromatic rings. The molecule has 0 unspecified atom stereocenters. The summed E-state index contributed by atoms with van der Waals surface area (Å²) in [5.41, 5.74) is 1.30.